The number of benzene rings is 2. The number of aromatic nitrogens is 1. The number of carbonyl (C=O) groups is 2. The summed E-state index contributed by atoms with van der Waals surface area (Å²) in [6.45, 7) is 3.76. The van der Waals surface area contributed by atoms with E-state index in [1.54, 1.807) is 7.11 Å². The first kappa shape index (κ1) is 19.0. The fourth-order valence-corrected chi connectivity index (χ4v) is 2.96. The molecule has 2 amide bonds. The van der Waals surface area contributed by atoms with Gasteiger partial charge < -0.3 is 25.5 Å². The zero-order valence-electron chi connectivity index (χ0n) is 15.4. The summed E-state index contributed by atoms with van der Waals surface area (Å²) < 4.78 is 5.34. The number of amides is 2. The van der Waals surface area contributed by atoms with E-state index in [4.69, 9.17) is 4.74 Å². The number of hydrogen-bond acceptors (Lipinski definition) is 4. The minimum Gasteiger partial charge on any atom is -0.507 e. The van der Waals surface area contributed by atoms with Gasteiger partial charge in [0.15, 0.2) is 0 Å². The van der Waals surface area contributed by atoms with Crippen molar-refractivity contribution in [2.45, 2.75) is 6.42 Å². The molecule has 3 aromatic rings. The highest BCUT2D eigenvalue weighted by Crippen LogP contribution is 2.27. The number of carbonyl (C=O) groups excluding carboxylic acids is 2. The van der Waals surface area contributed by atoms with Gasteiger partial charge >= 0.3 is 0 Å². The minimum atomic E-state index is -0.426. The number of hydrogen-bond donors (Lipinski definition) is 4. The Morgan fingerprint density at radius 1 is 1.29 bits per heavy atom. The number of rotatable bonds is 7. The van der Waals surface area contributed by atoms with E-state index in [0.717, 1.165) is 28.3 Å². The number of phenolic OH excluding ortho intramolecular Hbond substituents is 1. The van der Waals surface area contributed by atoms with Crippen LogP contribution in [-0.4, -0.2) is 35.6 Å². The van der Waals surface area contributed by atoms with E-state index in [-0.39, 0.29) is 11.3 Å². The number of anilines is 1. The van der Waals surface area contributed by atoms with Gasteiger partial charge in [-0.2, -0.15) is 0 Å². The van der Waals surface area contributed by atoms with E-state index in [0.29, 0.717) is 18.7 Å². The summed E-state index contributed by atoms with van der Waals surface area (Å²) in [7, 11) is 1.62. The number of aromatic hydroxyl groups is 1. The molecule has 0 saturated heterocycles. The number of H-pyrrole nitrogens is 1. The molecule has 7 heteroatoms. The van der Waals surface area contributed by atoms with Gasteiger partial charge in [0, 0.05) is 23.8 Å². The first-order chi connectivity index (χ1) is 13.5. The molecule has 0 saturated carbocycles. The molecule has 0 radical (unpaired) electrons. The van der Waals surface area contributed by atoms with Crippen molar-refractivity contribution in [3.63, 3.8) is 0 Å². The Morgan fingerprint density at radius 2 is 2.11 bits per heavy atom. The highest BCUT2D eigenvalue weighted by molar-refractivity contribution is 6.02. The molecule has 2 aromatic carbocycles. The molecule has 0 aliphatic heterocycles. The van der Waals surface area contributed by atoms with Crippen LogP contribution in [0.2, 0.25) is 0 Å². The van der Waals surface area contributed by atoms with Gasteiger partial charge in [-0.1, -0.05) is 18.7 Å². The Labute approximate surface area is 162 Å². The first-order valence-corrected chi connectivity index (χ1v) is 8.71. The molecule has 1 aromatic heterocycles. The third kappa shape index (κ3) is 3.98. The van der Waals surface area contributed by atoms with Crippen LogP contribution in [-0.2, 0) is 11.2 Å². The van der Waals surface area contributed by atoms with Gasteiger partial charge in [-0.3, -0.25) is 9.59 Å². The zero-order valence-corrected chi connectivity index (χ0v) is 15.4. The zero-order chi connectivity index (χ0) is 20.1. The summed E-state index contributed by atoms with van der Waals surface area (Å²) in [5.74, 6) is -0.224. The quantitative estimate of drug-likeness (QED) is 0.374. The Bertz CT molecular complexity index is 1040. The second-order valence-electron chi connectivity index (χ2n) is 6.13. The lowest BCUT2D eigenvalue weighted by atomic mass is 10.1. The van der Waals surface area contributed by atoms with Crippen LogP contribution in [0.4, 0.5) is 5.69 Å². The average molecular weight is 379 g/mol. The topological polar surface area (TPSA) is 103 Å². The molecular formula is C21H21N3O4. The summed E-state index contributed by atoms with van der Waals surface area (Å²) in [5, 5.41) is 16.3. The molecule has 0 unspecified atom stereocenters. The Balaban J connectivity index is 1.67. The molecule has 0 fully saturated rings. The SMILES string of the molecule is C=CC(=O)Nc1ccc(O)c(C(=O)NCCc2c[nH]c3c(OC)cccc23)c1. The molecule has 3 rings (SSSR count). The van der Waals surface area contributed by atoms with Crippen molar-refractivity contribution in [2.75, 3.05) is 19.0 Å². The van der Waals surface area contributed by atoms with Gasteiger partial charge in [-0.15, -0.1) is 0 Å². The van der Waals surface area contributed by atoms with Crippen molar-refractivity contribution >= 4 is 28.4 Å². The van der Waals surface area contributed by atoms with E-state index >= 15 is 0 Å². The van der Waals surface area contributed by atoms with Gasteiger partial charge in [-0.05, 0) is 42.3 Å². The Hall–Kier alpha value is -3.74. The number of para-hydroxylation sites is 1. The monoisotopic (exact) mass is 379 g/mol. The van der Waals surface area contributed by atoms with Gasteiger partial charge in [0.1, 0.15) is 11.5 Å². The summed E-state index contributed by atoms with van der Waals surface area (Å²) in [6, 6.07) is 10.1. The predicted octanol–water partition coefficient (Wildman–Crippen LogP) is 2.98. The molecule has 7 nitrogen and oxygen atoms in total. The average Bonchev–Trinajstić information content (AvgIpc) is 3.12. The third-order valence-electron chi connectivity index (χ3n) is 4.36. The van der Waals surface area contributed by atoms with Gasteiger partial charge in [0.25, 0.3) is 5.91 Å². The standard InChI is InChI=1S/C21H21N3O4/c1-3-19(26)24-14-7-8-17(25)16(11-14)21(27)22-10-9-13-12-23-20-15(13)5-4-6-18(20)28-2/h3-8,11-12,23,25H,1,9-10H2,2H3,(H,22,27)(H,24,26). The maximum Gasteiger partial charge on any atom is 0.255 e. The van der Waals surface area contributed by atoms with Crippen LogP contribution in [0, 0.1) is 0 Å². The third-order valence-corrected chi connectivity index (χ3v) is 4.36. The van der Waals surface area contributed by atoms with E-state index in [1.165, 1.54) is 18.2 Å². The molecule has 0 aliphatic carbocycles. The van der Waals surface area contributed by atoms with Gasteiger partial charge in [0.05, 0.1) is 18.2 Å². The molecular weight excluding hydrogens is 358 g/mol. The summed E-state index contributed by atoms with van der Waals surface area (Å²) in [4.78, 5) is 27.0. The Morgan fingerprint density at radius 3 is 2.86 bits per heavy atom. The lowest BCUT2D eigenvalue weighted by Gasteiger charge is -2.09. The number of fused-ring (bicyclic) bond motifs is 1. The van der Waals surface area contributed by atoms with Gasteiger partial charge in [-0.25, -0.2) is 0 Å². The lowest BCUT2D eigenvalue weighted by Crippen LogP contribution is -2.26. The van der Waals surface area contributed by atoms with Crippen LogP contribution >= 0.6 is 0 Å². The van der Waals surface area contributed by atoms with Crippen molar-refractivity contribution in [3.8, 4) is 11.5 Å². The fourth-order valence-electron chi connectivity index (χ4n) is 2.96. The van der Waals surface area contributed by atoms with Crippen LogP contribution in [0.5, 0.6) is 11.5 Å². The van der Waals surface area contributed by atoms with Crippen molar-refractivity contribution < 1.29 is 19.4 Å². The van der Waals surface area contributed by atoms with Crippen LogP contribution in [0.25, 0.3) is 10.9 Å². The van der Waals surface area contributed by atoms with Crippen LogP contribution in [0.3, 0.4) is 0 Å². The van der Waals surface area contributed by atoms with E-state index in [9.17, 15) is 14.7 Å². The van der Waals surface area contributed by atoms with Crippen LogP contribution < -0.4 is 15.4 Å². The summed E-state index contributed by atoms with van der Waals surface area (Å²) in [6.07, 6.45) is 3.62. The number of phenols is 1. The fraction of sp³-hybridized carbons (Fsp3) is 0.143. The number of methoxy groups -OCH3 is 1. The molecule has 0 spiro atoms. The van der Waals surface area contributed by atoms with E-state index in [1.807, 2.05) is 24.4 Å². The first-order valence-electron chi connectivity index (χ1n) is 8.71. The molecule has 144 valence electrons. The second kappa shape index (κ2) is 8.30. The van der Waals surface area contributed by atoms with Crippen molar-refractivity contribution in [1.82, 2.24) is 10.3 Å². The van der Waals surface area contributed by atoms with Crippen LogP contribution in [0.1, 0.15) is 15.9 Å². The smallest absolute Gasteiger partial charge is 0.255 e. The van der Waals surface area contributed by atoms with E-state index < -0.39 is 11.8 Å². The molecule has 0 atom stereocenters. The molecule has 0 aliphatic rings. The molecule has 28 heavy (non-hydrogen) atoms. The largest absolute Gasteiger partial charge is 0.507 e. The normalized spacial score (nSPS) is 10.5. The van der Waals surface area contributed by atoms with Crippen molar-refractivity contribution in [1.29, 1.82) is 0 Å². The van der Waals surface area contributed by atoms with Gasteiger partial charge in [0.2, 0.25) is 5.91 Å². The van der Waals surface area contributed by atoms with Crippen LogP contribution in [0.15, 0.2) is 55.3 Å². The molecule has 1 heterocycles. The maximum atomic E-state index is 12.4. The van der Waals surface area contributed by atoms with Crippen molar-refractivity contribution in [3.05, 3.63) is 66.4 Å². The Kier molecular flexibility index (Phi) is 5.64. The summed E-state index contributed by atoms with van der Waals surface area (Å²) >= 11 is 0. The highest BCUT2D eigenvalue weighted by atomic mass is 16.5. The maximum absolute atomic E-state index is 12.4. The van der Waals surface area contributed by atoms with Crippen molar-refractivity contribution in [2.24, 2.45) is 0 Å². The lowest BCUT2D eigenvalue weighted by molar-refractivity contribution is -0.111. The summed E-state index contributed by atoms with van der Waals surface area (Å²) in [5.41, 5.74) is 2.44. The second-order valence-corrected chi connectivity index (χ2v) is 6.13. The number of aromatic amines is 1. The van der Waals surface area contributed by atoms with E-state index in [2.05, 4.69) is 22.2 Å². The highest BCUT2D eigenvalue weighted by Gasteiger charge is 2.13. The minimum absolute atomic E-state index is 0.0856. The number of nitrogens with one attached hydrogen (secondary N) is 3. The molecule has 4 N–H and O–H groups in total. The number of ether oxygens (including phenoxy) is 1. The predicted molar refractivity (Wildman–Crippen MR) is 108 cm³/mol. The molecule has 0 bridgehead atoms.